The van der Waals surface area contributed by atoms with E-state index in [1.807, 2.05) is 4.90 Å². The molecule has 1 saturated carbocycles. The lowest BCUT2D eigenvalue weighted by molar-refractivity contribution is -0.139. The topological polar surface area (TPSA) is 32.3 Å². The molecule has 0 spiro atoms. The quantitative estimate of drug-likeness (QED) is 0.644. The maximum absolute atomic E-state index is 12.0. The van der Waals surface area contributed by atoms with Gasteiger partial charge < -0.3 is 10.2 Å². The van der Waals surface area contributed by atoms with Gasteiger partial charge in [0.05, 0.1) is 0 Å². The fourth-order valence-corrected chi connectivity index (χ4v) is 1.89. The number of nitrogens with zero attached hydrogens (tertiary/aromatic N) is 1. The van der Waals surface area contributed by atoms with E-state index in [4.69, 9.17) is 0 Å². The Bertz CT molecular complexity index is 223. The molecule has 1 heterocycles. The van der Waals surface area contributed by atoms with E-state index >= 15 is 0 Å². The Morgan fingerprint density at radius 1 is 1.54 bits per heavy atom. The molecule has 3 nitrogen and oxygen atoms in total. The largest absolute Gasteiger partial charge is 0.337 e. The maximum Gasteiger partial charge on any atom is 0.228 e. The van der Waals surface area contributed by atoms with Crippen molar-refractivity contribution in [3.63, 3.8) is 0 Å². The normalized spacial score (nSPS) is 31.5. The van der Waals surface area contributed by atoms with Crippen molar-refractivity contribution in [2.75, 3.05) is 19.6 Å². The van der Waals surface area contributed by atoms with Gasteiger partial charge in [-0.3, -0.25) is 4.79 Å². The predicted octanol–water partition coefficient (Wildman–Crippen LogP) is 0.607. The molecule has 1 N–H and O–H groups in total. The summed E-state index contributed by atoms with van der Waals surface area (Å²) in [6.07, 6.45) is 2.17. The zero-order valence-corrected chi connectivity index (χ0v) is 8.47. The lowest BCUT2D eigenvalue weighted by Gasteiger charge is -2.35. The molecular formula is C10H18N2O. The van der Waals surface area contributed by atoms with Gasteiger partial charge in [0.1, 0.15) is 0 Å². The highest BCUT2D eigenvalue weighted by Gasteiger charge is 2.48. The molecule has 74 valence electrons. The van der Waals surface area contributed by atoms with Crippen LogP contribution in [0.3, 0.4) is 0 Å². The minimum Gasteiger partial charge on any atom is -0.337 e. The van der Waals surface area contributed by atoms with Crippen LogP contribution in [0.5, 0.6) is 0 Å². The van der Waals surface area contributed by atoms with E-state index in [2.05, 4.69) is 19.2 Å². The van der Waals surface area contributed by atoms with Crippen molar-refractivity contribution in [1.29, 1.82) is 0 Å². The molecule has 13 heavy (non-hydrogen) atoms. The van der Waals surface area contributed by atoms with Gasteiger partial charge in [0.15, 0.2) is 0 Å². The number of carbonyl (C=O) groups excluding carboxylic acids is 1. The third kappa shape index (κ3) is 1.57. The highest BCUT2D eigenvalue weighted by atomic mass is 16.2. The van der Waals surface area contributed by atoms with Crippen molar-refractivity contribution in [2.45, 2.75) is 32.7 Å². The van der Waals surface area contributed by atoms with E-state index in [1.54, 1.807) is 0 Å². The Kier molecular flexibility index (Phi) is 2.06. The molecule has 0 unspecified atom stereocenters. The average Bonchev–Trinajstić information content (AvgIpc) is 2.85. The monoisotopic (exact) mass is 182 g/mol. The van der Waals surface area contributed by atoms with E-state index in [0.29, 0.717) is 11.9 Å². The van der Waals surface area contributed by atoms with Crippen LogP contribution in [0.15, 0.2) is 0 Å². The molecule has 1 saturated heterocycles. The van der Waals surface area contributed by atoms with Crippen molar-refractivity contribution in [1.82, 2.24) is 10.2 Å². The molecule has 0 bridgehead atoms. The number of hydrogen-bond acceptors (Lipinski definition) is 2. The summed E-state index contributed by atoms with van der Waals surface area (Å²) in [6.45, 7) is 6.99. The molecule has 1 atom stereocenters. The van der Waals surface area contributed by atoms with Crippen LogP contribution in [-0.2, 0) is 4.79 Å². The Labute approximate surface area is 79.5 Å². The molecular weight excluding hydrogens is 164 g/mol. The molecule has 0 aromatic carbocycles. The molecule has 2 fully saturated rings. The maximum atomic E-state index is 12.0. The second-order valence-electron chi connectivity index (χ2n) is 4.61. The van der Waals surface area contributed by atoms with Crippen molar-refractivity contribution in [3.8, 4) is 0 Å². The minimum atomic E-state index is 0.00556. The Balaban J connectivity index is 2.02. The molecule has 3 heteroatoms. The van der Waals surface area contributed by atoms with Crippen LogP contribution in [0, 0.1) is 5.41 Å². The smallest absolute Gasteiger partial charge is 0.228 e. The van der Waals surface area contributed by atoms with Crippen LogP contribution in [0.25, 0.3) is 0 Å². The number of nitrogens with one attached hydrogen (secondary N) is 1. The van der Waals surface area contributed by atoms with Crippen LogP contribution in [0.1, 0.15) is 26.7 Å². The van der Waals surface area contributed by atoms with Crippen LogP contribution < -0.4 is 5.32 Å². The van der Waals surface area contributed by atoms with Crippen molar-refractivity contribution >= 4 is 5.91 Å². The van der Waals surface area contributed by atoms with Crippen LogP contribution in [-0.4, -0.2) is 36.5 Å². The summed E-state index contributed by atoms with van der Waals surface area (Å²) in [7, 11) is 0. The van der Waals surface area contributed by atoms with Crippen LogP contribution >= 0.6 is 0 Å². The number of rotatable bonds is 1. The van der Waals surface area contributed by atoms with Gasteiger partial charge in [-0.15, -0.1) is 0 Å². The summed E-state index contributed by atoms with van der Waals surface area (Å²) < 4.78 is 0. The fraction of sp³-hybridized carbons (Fsp3) is 0.900. The highest BCUT2D eigenvalue weighted by molar-refractivity contribution is 5.85. The molecule has 1 aliphatic carbocycles. The summed E-state index contributed by atoms with van der Waals surface area (Å²) in [5.41, 5.74) is 0.00556. The molecule has 0 radical (unpaired) electrons. The standard InChI is InChI=1S/C10H18N2O/c1-8-7-11-5-6-12(8)9(13)10(2)3-4-10/h8,11H,3-7H2,1-2H3/t8-/m0/s1. The molecule has 1 amide bonds. The van der Waals surface area contributed by atoms with Gasteiger partial charge in [-0.05, 0) is 19.8 Å². The Morgan fingerprint density at radius 3 is 2.77 bits per heavy atom. The lowest BCUT2D eigenvalue weighted by Crippen LogP contribution is -2.53. The van der Waals surface area contributed by atoms with Gasteiger partial charge in [0, 0.05) is 31.1 Å². The van der Waals surface area contributed by atoms with E-state index in [0.717, 1.165) is 32.5 Å². The van der Waals surface area contributed by atoms with Gasteiger partial charge in [0.2, 0.25) is 5.91 Å². The summed E-state index contributed by atoms with van der Waals surface area (Å²) in [6, 6.07) is 0.374. The van der Waals surface area contributed by atoms with E-state index < -0.39 is 0 Å². The first-order valence-electron chi connectivity index (χ1n) is 5.15. The third-order valence-corrected chi connectivity index (χ3v) is 3.28. The first kappa shape index (κ1) is 9.00. The van der Waals surface area contributed by atoms with Crippen molar-refractivity contribution < 1.29 is 4.79 Å². The second kappa shape index (κ2) is 2.98. The SMILES string of the molecule is C[C@H]1CNCCN1C(=O)C1(C)CC1. The molecule has 2 aliphatic rings. The first-order chi connectivity index (χ1) is 6.13. The summed E-state index contributed by atoms with van der Waals surface area (Å²) in [5, 5.41) is 3.30. The van der Waals surface area contributed by atoms with E-state index in [-0.39, 0.29) is 5.41 Å². The van der Waals surface area contributed by atoms with E-state index in [1.165, 1.54) is 0 Å². The number of amides is 1. The summed E-state index contributed by atoms with van der Waals surface area (Å²) in [5.74, 6) is 0.376. The molecule has 0 aromatic heterocycles. The molecule has 1 aliphatic heterocycles. The zero-order chi connectivity index (χ0) is 9.47. The number of piperazine rings is 1. The zero-order valence-electron chi connectivity index (χ0n) is 8.47. The number of hydrogen-bond donors (Lipinski definition) is 1. The highest BCUT2D eigenvalue weighted by Crippen LogP contribution is 2.46. The summed E-state index contributed by atoms with van der Waals surface area (Å²) in [4.78, 5) is 14.0. The fourth-order valence-electron chi connectivity index (χ4n) is 1.89. The molecule has 2 rings (SSSR count). The van der Waals surface area contributed by atoms with Gasteiger partial charge >= 0.3 is 0 Å². The minimum absolute atomic E-state index is 0.00556. The van der Waals surface area contributed by atoms with Crippen LogP contribution in [0.2, 0.25) is 0 Å². The second-order valence-corrected chi connectivity index (χ2v) is 4.61. The molecule has 0 aromatic rings. The van der Waals surface area contributed by atoms with Gasteiger partial charge in [0.25, 0.3) is 0 Å². The summed E-state index contributed by atoms with van der Waals surface area (Å²) >= 11 is 0. The van der Waals surface area contributed by atoms with Crippen molar-refractivity contribution in [3.05, 3.63) is 0 Å². The Hall–Kier alpha value is -0.570. The van der Waals surface area contributed by atoms with Gasteiger partial charge in [-0.1, -0.05) is 6.92 Å². The average molecular weight is 182 g/mol. The number of carbonyl (C=O) groups is 1. The van der Waals surface area contributed by atoms with Gasteiger partial charge in [-0.2, -0.15) is 0 Å². The third-order valence-electron chi connectivity index (χ3n) is 3.28. The lowest BCUT2D eigenvalue weighted by atomic mass is 10.1. The Morgan fingerprint density at radius 2 is 2.23 bits per heavy atom. The van der Waals surface area contributed by atoms with Crippen LogP contribution in [0.4, 0.5) is 0 Å². The first-order valence-corrected chi connectivity index (χ1v) is 5.15. The van der Waals surface area contributed by atoms with E-state index in [9.17, 15) is 4.79 Å². The van der Waals surface area contributed by atoms with Gasteiger partial charge in [-0.25, -0.2) is 0 Å². The van der Waals surface area contributed by atoms with Crippen molar-refractivity contribution in [2.24, 2.45) is 5.41 Å². The predicted molar refractivity (Wildman–Crippen MR) is 51.4 cm³/mol.